The van der Waals surface area contributed by atoms with Gasteiger partial charge in [-0.3, -0.25) is 9.69 Å². The third-order valence-corrected chi connectivity index (χ3v) is 5.17. The van der Waals surface area contributed by atoms with Crippen molar-refractivity contribution in [1.29, 1.82) is 0 Å². The molecule has 4 nitrogen and oxygen atoms in total. The van der Waals surface area contributed by atoms with E-state index in [1.54, 1.807) is 36.6 Å². The van der Waals surface area contributed by atoms with E-state index in [1.807, 2.05) is 0 Å². The first-order valence-electron chi connectivity index (χ1n) is 6.80. The van der Waals surface area contributed by atoms with Crippen LogP contribution in [0.5, 0.6) is 5.75 Å². The van der Waals surface area contributed by atoms with Crippen LogP contribution in [0.1, 0.15) is 11.3 Å². The molecule has 2 heterocycles. The summed E-state index contributed by atoms with van der Waals surface area (Å²) in [6.07, 6.45) is 3.24. The summed E-state index contributed by atoms with van der Waals surface area (Å²) in [7, 11) is 1.51. The van der Waals surface area contributed by atoms with Gasteiger partial charge in [0.25, 0.3) is 5.91 Å². The zero-order valence-electron chi connectivity index (χ0n) is 12.4. The number of ether oxygens (including phenoxy) is 1. The molecule has 0 radical (unpaired) electrons. The summed E-state index contributed by atoms with van der Waals surface area (Å²) in [5, 5.41) is 0.834. The minimum Gasteiger partial charge on any atom is -0.495 e. The lowest BCUT2D eigenvalue weighted by atomic mass is 10.2. The van der Waals surface area contributed by atoms with Crippen molar-refractivity contribution >= 4 is 63.5 Å². The molecular weight excluding hydrogens is 389 g/mol. The van der Waals surface area contributed by atoms with Gasteiger partial charge >= 0.3 is 0 Å². The summed E-state index contributed by atoms with van der Waals surface area (Å²) < 4.78 is 11.0. The van der Waals surface area contributed by atoms with Crippen LogP contribution in [0.25, 0.3) is 6.08 Å². The monoisotopic (exact) mass is 399 g/mol. The maximum Gasteiger partial charge on any atom is 0.266 e. The fourth-order valence-electron chi connectivity index (χ4n) is 2.24. The Morgan fingerprint density at radius 1 is 1.42 bits per heavy atom. The molecule has 0 unspecified atom stereocenters. The van der Waals surface area contributed by atoms with Gasteiger partial charge in [-0.05, 0) is 30.3 Å². The third-order valence-electron chi connectivity index (χ3n) is 3.30. The molecule has 1 fully saturated rings. The Morgan fingerprint density at radius 3 is 2.88 bits per heavy atom. The zero-order valence-corrected chi connectivity index (χ0v) is 15.6. The molecule has 1 aromatic heterocycles. The van der Waals surface area contributed by atoms with Gasteiger partial charge in [-0.15, -0.1) is 0 Å². The molecule has 0 spiro atoms. The van der Waals surface area contributed by atoms with E-state index in [-0.39, 0.29) is 5.91 Å². The summed E-state index contributed by atoms with van der Waals surface area (Å²) in [6.45, 7) is 0.294. The number of thioether (sulfide) groups is 1. The quantitative estimate of drug-likeness (QED) is 0.534. The number of carbonyl (C=O) groups excluding carboxylic acids is 1. The third kappa shape index (κ3) is 3.47. The predicted octanol–water partition coefficient (Wildman–Crippen LogP) is 5.00. The number of hydrogen-bond acceptors (Lipinski definition) is 5. The summed E-state index contributed by atoms with van der Waals surface area (Å²) in [6, 6.07) is 6.83. The number of carbonyl (C=O) groups is 1. The minimum absolute atomic E-state index is 0.195. The van der Waals surface area contributed by atoms with E-state index in [9.17, 15) is 4.79 Å². The minimum atomic E-state index is -0.195. The molecule has 0 aliphatic carbocycles. The van der Waals surface area contributed by atoms with E-state index in [0.29, 0.717) is 42.9 Å². The Morgan fingerprint density at radius 2 is 2.21 bits per heavy atom. The van der Waals surface area contributed by atoms with Crippen LogP contribution in [0.4, 0.5) is 0 Å². The lowest BCUT2D eigenvalue weighted by molar-refractivity contribution is -0.122. The SMILES string of the molecule is COc1c(Cl)cc(Cl)cc1/C=C1\SC(=S)N(Cc2ccco2)C1=O. The van der Waals surface area contributed by atoms with Crippen LogP contribution in [0.15, 0.2) is 39.9 Å². The lowest BCUT2D eigenvalue weighted by Crippen LogP contribution is -2.27. The first-order valence-corrected chi connectivity index (χ1v) is 8.78. The number of benzene rings is 1. The molecule has 0 atom stereocenters. The maximum atomic E-state index is 12.6. The smallest absolute Gasteiger partial charge is 0.266 e. The van der Waals surface area contributed by atoms with E-state index >= 15 is 0 Å². The summed E-state index contributed by atoms with van der Waals surface area (Å²) in [4.78, 5) is 14.6. The van der Waals surface area contributed by atoms with Crippen LogP contribution in [-0.2, 0) is 11.3 Å². The number of methoxy groups -OCH3 is 1. The Bertz CT molecular complexity index is 834. The van der Waals surface area contributed by atoms with Crippen molar-refractivity contribution in [1.82, 2.24) is 4.90 Å². The fourth-order valence-corrected chi connectivity index (χ4v) is 4.07. The molecule has 1 aliphatic heterocycles. The number of thiocarbonyl (C=S) groups is 1. The van der Waals surface area contributed by atoms with Crippen LogP contribution in [0, 0.1) is 0 Å². The molecule has 0 saturated carbocycles. The number of hydrogen-bond donors (Lipinski definition) is 0. The number of furan rings is 1. The Kier molecular flexibility index (Phi) is 5.20. The maximum absolute atomic E-state index is 12.6. The molecule has 124 valence electrons. The van der Waals surface area contributed by atoms with Crippen molar-refractivity contribution < 1.29 is 13.9 Å². The molecule has 3 rings (SSSR count). The molecule has 8 heteroatoms. The van der Waals surface area contributed by atoms with E-state index < -0.39 is 0 Å². The highest BCUT2D eigenvalue weighted by Crippen LogP contribution is 2.38. The van der Waals surface area contributed by atoms with Gasteiger partial charge < -0.3 is 9.15 Å². The number of amides is 1. The van der Waals surface area contributed by atoms with Crippen molar-refractivity contribution in [2.24, 2.45) is 0 Å². The Balaban J connectivity index is 1.92. The van der Waals surface area contributed by atoms with Crippen molar-refractivity contribution in [2.75, 3.05) is 7.11 Å². The first kappa shape index (κ1) is 17.4. The van der Waals surface area contributed by atoms with Gasteiger partial charge in [0.05, 0.1) is 29.8 Å². The Labute approximate surface area is 158 Å². The van der Waals surface area contributed by atoms with Crippen LogP contribution < -0.4 is 4.74 Å². The molecule has 24 heavy (non-hydrogen) atoms. The zero-order chi connectivity index (χ0) is 17.3. The van der Waals surface area contributed by atoms with Crippen molar-refractivity contribution in [2.45, 2.75) is 6.54 Å². The molecule has 1 aliphatic rings. The number of nitrogens with zero attached hydrogens (tertiary/aromatic N) is 1. The van der Waals surface area contributed by atoms with Gasteiger partial charge in [-0.2, -0.15) is 0 Å². The van der Waals surface area contributed by atoms with Crippen molar-refractivity contribution in [3.63, 3.8) is 0 Å². The molecule has 1 saturated heterocycles. The van der Waals surface area contributed by atoms with E-state index in [1.165, 1.54) is 23.8 Å². The average molecular weight is 400 g/mol. The molecule has 0 N–H and O–H groups in total. The lowest BCUT2D eigenvalue weighted by Gasteiger charge is -2.12. The van der Waals surface area contributed by atoms with Crippen LogP contribution >= 0.6 is 47.2 Å². The van der Waals surface area contributed by atoms with E-state index in [4.69, 9.17) is 44.6 Å². The second-order valence-electron chi connectivity index (χ2n) is 4.86. The van der Waals surface area contributed by atoms with Crippen molar-refractivity contribution in [3.05, 3.63) is 56.8 Å². The highest BCUT2D eigenvalue weighted by molar-refractivity contribution is 8.26. The fraction of sp³-hybridized carbons (Fsp3) is 0.125. The topological polar surface area (TPSA) is 42.7 Å². The van der Waals surface area contributed by atoms with Gasteiger partial charge in [0.15, 0.2) is 0 Å². The second-order valence-corrected chi connectivity index (χ2v) is 7.38. The van der Waals surface area contributed by atoms with Crippen LogP contribution in [-0.4, -0.2) is 22.2 Å². The highest BCUT2D eigenvalue weighted by atomic mass is 35.5. The van der Waals surface area contributed by atoms with Crippen LogP contribution in [0.2, 0.25) is 10.0 Å². The predicted molar refractivity (Wildman–Crippen MR) is 100 cm³/mol. The first-order chi connectivity index (χ1) is 11.5. The largest absolute Gasteiger partial charge is 0.495 e. The normalized spacial score (nSPS) is 16.3. The number of rotatable bonds is 4. The van der Waals surface area contributed by atoms with E-state index in [2.05, 4.69) is 0 Å². The van der Waals surface area contributed by atoms with Gasteiger partial charge in [0, 0.05) is 10.6 Å². The molecule has 1 aromatic carbocycles. The van der Waals surface area contributed by atoms with Crippen LogP contribution in [0.3, 0.4) is 0 Å². The standard InChI is InChI=1S/C16H11Cl2NO3S2/c1-21-14-9(5-10(17)7-12(14)18)6-13-15(20)19(16(23)24-13)8-11-3-2-4-22-11/h2-7H,8H2,1H3/b13-6-. The van der Waals surface area contributed by atoms with E-state index in [0.717, 1.165) is 0 Å². The van der Waals surface area contributed by atoms with Gasteiger partial charge in [0.1, 0.15) is 15.8 Å². The molecular formula is C16H11Cl2NO3S2. The number of halogens is 2. The summed E-state index contributed by atoms with van der Waals surface area (Å²) >= 11 is 18.7. The summed E-state index contributed by atoms with van der Waals surface area (Å²) in [5.41, 5.74) is 0.619. The second kappa shape index (κ2) is 7.19. The molecule has 2 aromatic rings. The van der Waals surface area contributed by atoms with Gasteiger partial charge in [0.2, 0.25) is 0 Å². The summed E-state index contributed by atoms with van der Waals surface area (Å²) in [5.74, 6) is 0.924. The molecule has 1 amide bonds. The highest BCUT2D eigenvalue weighted by Gasteiger charge is 2.32. The Hall–Kier alpha value is -1.47. The molecule has 0 bridgehead atoms. The van der Waals surface area contributed by atoms with Gasteiger partial charge in [-0.25, -0.2) is 0 Å². The van der Waals surface area contributed by atoms with Gasteiger partial charge in [-0.1, -0.05) is 47.2 Å². The average Bonchev–Trinajstić information content (AvgIpc) is 3.11. The van der Waals surface area contributed by atoms with Crippen molar-refractivity contribution in [3.8, 4) is 5.75 Å².